The maximum atomic E-state index is 13.9. The molecule has 0 saturated heterocycles. The number of carbonyl (C=O) groups is 2. The van der Waals surface area contributed by atoms with E-state index in [1.165, 1.54) is 19.3 Å². The van der Waals surface area contributed by atoms with E-state index in [0.29, 0.717) is 24.4 Å². The second-order valence-electron chi connectivity index (χ2n) is 10.3. The van der Waals surface area contributed by atoms with E-state index in [1.807, 2.05) is 28.5 Å². The van der Waals surface area contributed by atoms with E-state index in [4.69, 9.17) is 4.42 Å². The summed E-state index contributed by atoms with van der Waals surface area (Å²) in [6.07, 6.45) is 12.1. The quantitative estimate of drug-likeness (QED) is 0.571. The number of carbonyl (C=O) groups excluding carboxylic acids is 2. The van der Waals surface area contributed by atoms with Gasteiger partial charge in [0.1, 0.15) is 11.2 Å². The molecule has 2 aromatic heterocycles. The molecule has 1 aliphatic carbocycles. The van der Waals surface area contributed by atoms with Gasteiger partial charge in [-0.15, -0.1) is 0 Å². The lowest BCUT2D eigenvalue weighted by atomic mass is 9.92. The molecule has 0 aromatic carbocycles. The number of amides is 2. The van der Waals surface area contributed by atoms with Crippen LogP contribution in [0.4, 0.5) is 0 Å². The number of unbranched alkanes of at least 4 members (excludes halogenated alkanes) is 1. The molecule has 2 aromatic rings. The fraction of sp³-hybridized carbons (Fsp3) is 0.704. The fourth-order valence-electron chi connectivity index (χ4n) is 5.62. The molecule has 7 nitrogen and oxygen atoms in total. The molecule has 0 unspecified atom stereocenters. The summed E-state index contributed by atoms with van der Waals surface area (Å²) < 4.78 is 7.57. The molecule has 2 aliphatic rings. The van der Waals surface area contributed by atoms with E-state index in [2.05, 4.69) is 24.1 Å². The van der Waals surface area contributed by atoms with E-state index in [9.17, 15) is 9.59 Å². The van der Waals surface area contributed by atoms with Crippen LogP contribution in [0.15, 0.2) is 22.8 Å². The summed E-state index contributed by atoms with van der Waals surface area (Å²) in [6, 6.07) is 3.91. The van der Waals surface area contributed by atoms with Crippen molar-refractivity contribution in [3.05, 3.63) is 24.1 Å². The molecule has 0 spiro atoms. The Bertz CT molecular complexity index is 972. The predicted octanol–water partition coefficient (Wildman–Crippen LogP) is 4.80. The first-order valence-corrected chi connectivity index (χ1v) is 13.4. The van der Waals surface area contributed by atoms with Gasteiger partial charge in [0.2, 0.25) is 5.91 Å². The number of rotatable bonds is 9. The molecule has 1 saturated carbocycles. The highest BCUT2D eigenvalue weighted by Crippen LogP contribution is 2.33. The summed E-state index contributed by atoms with van der Waals surface area (Å²) in [5.74, 6) is -0.112. The van der Waals surface area contributed by atoms with E-state index in [0.717, 1.165) is 63.7 Å². The lowest BCUT2D eigenvalue weighted by molar-refractivity contribution is -0.133. The van der Waals surface area contributed by atoms with Crippen molar-refractivity contribution >= 4 is 22.9 Å². The Morgan fingerprint density at radius 2 is 1.91 bits per heavy atom. The number of hydrogen-bond donors (Lipinski definition) is 1. The van der Waals surface area contributed by atoms with Gasteiger partial charge < -0.3 is 24.1 Å². The van der Waals surface area contributed by atoms with Crippen molar-refractivity contribution in [3.8, 4) is 0 Å². The molecule has 7 heteroatoms. The number of furan rings is 1. The van der Waals surface area contributed by atoms with Crippen LogP contribution in [0.5, 0.6) is 0 Å². The van der Waals surface area contributed by atoms with Gasteiger partial charge in [-0.25, -0.2) is 0 Å². The molecular formula is C27H42N4O3. The SMILES string of the molecule is CCCCN(CC)CCN1C(=O)c2cc3occc3n2C[C@]1(C)C(=O)NC1CCCCCCC1. The zero-order valence-electron chi connectivity index (χ0n) is 21.3. The van der Waals surface area contributed by atoms with Gasteiger partial charge in [-0.05, 0) is 39.3 Å². The van der Waals surface area contributed by atoms with E-state index in [1.54, 1.807) is 6.26 Å². The van der Waals surface area contributed by atoms with Crippen LogP contribution in [-0.4, -0.2) is 63.9 Å². The van der Waals surface area contributed by atoms with Gasteiger partial charge >= 0.3 is 0 Å². The molecule has 2 amide bonds. The van der Waals surface area contributed by atoms with Crippen molar-refractivity contribution in [1.29, 1.82) is 0 Å². The third kappa shape index (κ3) is 5.04. The topological polar surface area (TPSA) is 70.7 Å². The number of aromatic nitrogens is 1. The van der Waals surface area contributed by atoms with Crippen molar-refractivity contribution in [2.24, 2.45) is 0 Å². The average molecular weight is 471 g/mol. The highest BCUT2D eigenvalue weighted by molar-refractivity contribution is 6.02. The Morgan fingerprint density at radius 1 is 1.18 bits per heavy atom. The van der Waals surface area contributed by atoms with Crippen LogP contribution in [0.25, 0.3) is 11.1 Å². The first kappa shape index (κ1) is 24.8. The molecule has 1 N–H and O–H groups in total. The van der Waals surface area contributed by atoms with E-state index in [-0.39, 0.29) is 17.9 Å². The minimum atomic E-state index is -0.945. The maximum Gasteiger partial charge on any atom is 0.271 e. The van der Waals surface area contributed by atoms with Gasteiger partial charge in [0.05, 0.1) is 18.3 Å². The summed E-state index contributed by atoms with van der Waals surface area (Å²) in [5, 5.41) is 3.37. The summed E-state index contributed by atoms with van der Waals surface area (Å²) in [5.41, 5.74) is 1.25. The monoisotopic (exact) mass is 470 g/mol. The van der Waals surface area contributed by atoms with Crippen LogP contribution in [0.3, 0.4) is 0 Å². The van der Waals surface area contributed by atoms with E-state index < -0.39 is 5.54 Å². The first-order chi connectivity index (χ1) is 16.5. The second kappa shape index (κ2) is 11.0. The van der Waals surface area contributed by atoms with Gasteiger partial charge in [0.15, 0.2) is 5.58 Å². The Hall–Kier alpha value is -2.28. The Morgan fingerprint density at radius 3 is 2.62 bits per heavy atom. The minimum absolute atomic E-state index is 0.0287. The molecule has 4 rings (SSSR count). The molecule has 0 bridgehead atoms. The smallest absolute Gasteiger partial charge is 0.271 e. The van der Waals surface area contributed by atoms with Crippen LogP contribution < -0.4 is 5.32 Å². The Balaban J connectivity index is 1.59. The standard InChI is InChI=1S/C27H42N4O3/c1-4-6-15-29(5-2)16-17-31-25(32)23-19-24-22(14-18-34-24)30(23)20-27(31,3)26(33)28-21-12-10-8-7-9-11-13-21/h14,18-19,21H,4-13,15-17,20H2,1-3H3,(H,28,33)/t27-/m1/s1. The number of likely N-dealkylation sites (N-methyl/N-ethyl adjacent to an activating group) is 1. The number of nitrogens with one attached hydrogen (secondary N) is 1. The zero-order chi connectivity index (χ0) is 24.1. The summed E-state index contributed by atoms with van der Waals surface area (Å²) in [6.45, 7) is 10.0. The van der Waals surface area contributed by atoms with Crippen LogP contribution >= 0.6 is 0 Å². The highest BCUT2D eigenvalue weighted by atomic mass is 16.3. The lowest BCUT2D eigenvalue weighted by Crippen LogP contribution is -2.65. The molecule has 0 radical (unpaired) electrons. The van der Waals surface area contributed by atoms with Gasteiger partial charge in [-0.1, -0.05) is 52.4 Å². The van der Waals surface area contributed by atoms with Crippen LogP contribution in [0.2, 0.25) is 0 Å². The summed E-state index contributed by atoms with van der Waals surface area (Å²) in [7, 11) is 0. The normalized spacial score (nSPS) is 22.1. The second-order valence-corrected chi connectivity index (χ2v) is 10.3. The Kier molecular flexibility index (Phi) is 8.02. The molecule has 34 heavy (non-hydrogen) atoms. The van der Waals surface area contributed by atoms with Gasteiger partial charge in [0.25, 0.3) is 5.91 Å². The predicted molar refractivity (Wildman–Crippen MR) is 135 cm³/mol. The number of nitrogens with zero attached hydrogens (tertiary/aromatic N) is 3. The molecule has 188 valence electrons. The third-order valence-electron chi connectivity index (χ3n) is 7.89. The van der Waals surface area contributed by atoms with Crippen LogP contribution in [0.1, 0.15) is 89.0 Å². The molecule has 1 atom stereocenters. The minimum Gasteiger partial charge on any atom is -0.463 e. The van der Waals surface area contributed by atoms with Gasteiger partial charge in [0, 0.05) is 31.3 Å². The Labute approximate surface area is 203 Å². The average Bonchev–Trinajstić information content (AvgIpc) is 3.39. The summed E-state index contributed by atoms with van der Waals surface area (Å²) >= 11 is 0. The van der Waals surface area contributed by atoms with Crippen LogP contribution in [-0.2, 0) is 11.3 Å². The van der Waals surface area contributed by atoms with Crippen LogP contribution in [0, 0.1) is 0 Å². The molecule has 1 aliphatic heterocycles. The maximum absolute atomic E-state index is 13.9. The number of hydrogen-bond acceptors (Lipinski definition) is 4. The summed E-state index contributed by atoms with van der Waals surface area (Å²) in [4.78, 5) is 31.9. The number of fused-ring (bicyclic) bond motifs is 3. The highest BCUT2D eigenvalue weighted by Gasteiger charge is 2.48. The van der Waals surface area contributed by atoms with Crippen molar-refractivity contribution < 1.29 is 14.0 Å². The van der Waals surface area contributed by atoms with Gasteiger partial charge in [-0.2, -0.15) is 0 Å². The lowest BCUT2D eigenvalue weighted by Gasteiger charge is -2.45. The zero-order valence-corrected chi connectivity index (χ0v) is 21.3. The molecule has 1 fully saturated rings. The third-order valence-corrected chi connectivity index (χ3v) is 7.89. The van der Waals surface area contributed by atoms with E-state index >= 15 is 0 Å². The van der Waals surface area contributed by atoms with Crippen molar-refractivity contribution in [2.45, 2.75) is 96.7 Å². The van der Waals surface area contributed by atoms with Crippen molar-refractivity contribution in [1.82, 2.24) is 19.7 Å². The molecule has 3 heterocycles. The molecular weight excluding hydrogens is 428 g/mol. The fourth-order valence-corrected chi connectivity index (χ4v) is 5.62. The van der Waals surface area contributed by atoms with Gasteiger partial charge in [-0.3, -0.25) is 9.59 Å². The largest absolute Gasteiger partial charge is 0.463 e. The van der Waals surface area contributed by atoms with Crippen molar-refractivity contribution in [3.63, 3.8) is 0 Å². The first-order valence-electron chi connectivity index (χ1n) is 13.4. The van der Waals surface area contributed by atoms with Crippen molar-refractivity contribution in [2.75, 3.05) is 26.2 Å².